The first-order valence-electron chi connectivity index (χ1n) is 4.86. The molecule has 1 atom stereocenters. The standard InChI is InChI=1S/C10H20O3/c1-8(4-5-12-2)10(11)6-9(7-10)13-3/h8-9,11H,4-7H2,1-3H3. The van der Waals surface area contributed by atoms with Crippen LogP contribution >= 0.6 is 0 Å². The van der Waals surface area contributed by atoms with Crippen LogP contribution in [0.5, 0.6) is 0 Å². The molecule has 3 nitrogen and oxygen atoms in total. The average Bonchev–Trinajstić information content (AvgIpc) is 2.08. The third kappa shape index (κ3) is 2.42. The molecule has 0 amide bonds. The van der Waals surface area contributed by atoms with Crippen LogP contribution < -0.4 is 0 Å². The van der Waals surface area contributed by atoms with E-state index in [1.807, 2.05) is 0 Å². The van der Waals surface area contributed by atoms with Crippen molar-refractivity contribution in [3.05, 3.63) is 0 Å². The number of hydrogen-bond donors (Lipinski definition) is 1. The van der Waals surface area contributed by atoms with Gasteiger partial charge in [0, 0.05) is 33.7 Å². The summed E-state index contributed by atoms with van der Waals surface area (Å²) in [5, 5.41) is 10.1. The zero-order valence-electron chi connectivity index (χ0n) is 8.75. The van der Waals surface area contributed by atoms with Gasteiger partial charge in [-0.05, 0) is 12.3 Å². The van der Waals surface area contributed by atoms with E-state index in [-0.39, 0.29) is 6.10 Å². The predicted octanol–water partition coefficient (Wildman–Crippen LogP) is 1.20. The average molecular weight is 188 g/mol. The summed E-state index contributed by atoms with van der Waals surface area (Å²) in [5.74, 6) is 0.304. The molecule has 1 rings (SSSR count). The van der Waals surface area contributed by atoms with Crippen LogP contribution in [0.3, 0.4) is 0 Å². The van der Waals surface area contributed by atoms with Crippen LogP contribution in [0.2, 0.25) is 0 Å². The molecular weight excluding hydrogens is 168 g/mol. The highest BCUT2D eigenvalue weighted by atomic mass is 16.5. The molecule has 0 aliphatic heterocycles. The van der Waals surface area contributed by atoms with Gasteiger partial charge in [-0.25, -0.2) is 0 Å². The Labute approximate surface area is 80.0 Å². The smallest absolute Gasteiger partial charge is 0.0723 e. The van der Waals surface area contributed by atoms with Crippen molar-refractivity contribution in [3.63, 3.8) is 0 Å². The molecule has 0 saturated heterocycles. The van der Waals surface area contributed by atoms with Crippen molar-refractivity contribution < 1.29 is 14.6 Å². The van der Waals surface area contributed by atoms with Crippen molar-refractivity contribution in [1.82, 2.24) is 0 Å². The molecule has 0 aromatic rings. The largest absolute Gasteiger partial charge is 0.389 e. The molecule has 0 spiro atoms. The summed E-state index contributed by atoms with van der Waals surface area (Å²) in [6.45, 7) is 2.80. The van der Waals surface area contributed by atoms with Gasteiger partial charge in [-0.3, -0.25) is 0 Å². The van der Waals surface area contributed by atoms with Crippen LogP contribution in [0.4, 0.5) is 0 Å². The van der Waals surface area contributed by atoms with E-state index in [2.05, 4.69) is 6.92 Å². The summed E-state index contributed by atoms with van der Waals surface area (Å²) in [6.07, 6.45) is 2.72. The zero-order valence-corrected chi connectivity index (χ0v) is 8.75. The van der Waals surface area contributed by atoms with Crippen molar-refractivity contribution in [1.29, 1.82) is 0 Å². The number of hydrogen-bond acceptors (Lipinski definition) is 3. The van der Waals surface area contributed by atoms with E-state index in [1.165, 1.54) is 0 Å². The molecule has 1 saturated carbocycles. The monoisotopic (exact) mass is 188 g/mol. The number of ether oxygens (including phenoxy) is 2. The molecule has 0 heterocycles. The molecule has 1 fully saturated rings. The first-order valence-corrected chi connectivity index (χ1v) is 4.86. The molecule has 0 bridgehead atoms. The van der Waals surface area contributed by atoms with Crippen LogP contribution in [-0.2, 0) is 9.47 Å². The predicted molar refractivity (Wildman–Crippen MR) is 50.6 cm³/mol. The minimum atomic E-state index is -0.501. The molecule has 1 aliphatic carbocycles. The normalized spacial score (nSPS) is 35.5. The second kappa shape index (κ2) is 4.40. The van der Waals surface area contributed by atoms with Gasteiger partial charge in [-0.15, -0.1) is 0 Å². The van der Waals surface area contributed by atoms with E-state index >= 15 is 0 Å². The Morgan fingerprint density at radius 1 is 1.46 bits per heavy atom. The maximum Gasteiger partial charge on any atom is 0.0723 e. The van der Waals surface area contributed by atoms with Gasteiger partial charge < -0.3 is 14.6 Å². The van der Waals surface area contributed by atoms with Crippen molar-refractivity contribution in [2.75, 3.05) is 20.8 Å². The highest BCUT2D eigenvalue weighted by Crippen LogP contribution is 2.41. The van der Waals surface area contributed by atoms with Crippen molar-refractivity contribution >= 4 is 0 Å². The Morgan fingerprint density at radius 2 is 2.08 bits per heavy atom. The molecule has 1 aliphatic rings. The summed E-state index contributed by atoms with van der Waals surface area (Å²) in [6, 6.07) is 0. The van der Waals surface area contributed by atoms with E-state index in [0.29, 0.717) is 5.92 Å². The molecule has 0 aromatic heterocycles. The molecule has 0 radical (unpaired) electrons. The second-order valence-corrected chi connectivity index (χ2v) is 4.05. The van der Waals surface area contributed by atoms with Gasteiger partial charge in [0.15, 0.2) is 0 Å². The Hall–Kier alpha value is -0.120. The van der Waals surface area contributed by atoms with Crippen molar-refractivity contribution in [3.8, 4) is 0 Å². The van der Waals surface area contributed by atoms with Gasteiger partial charge in [-0.1, -0.05) is 6.92 Å². The van der Waals surface area contributed by atoms with Gasteiger partial charge >= 0.3 is 0 Å². The lowest BCUT2D eigenvalue weighted by Gasteiger charge is -2.46. The lowest BCUT2D eigenvalue weighted by Crippen LogP contribution is -2.52. The summed E-state index contributed by atoms with van der Waals surface area (Å²) in [5.41, 5.74) is -0.501. The Kier molecular flexibility index (Phi) is 3.71. The first-order chi connectivity index (χ1) is 6.12. The third-order valence-electron chi connectivity index (χ3n) is 3.17. The maximum atomic E-state index is 10.1. The Balaban J connectivity index is 2.27. The van der Waals surface area contributed by atoms with Gasteiger partial charge in [0.2, 0.25) is 0 Å². The fourth-order valence-corrected chi connectivity index (χ4v) is 1.86. The minimum absolute atomic E-state index is 0.259. The minimum Gasteiger partial charge on any atom is -0.389 e. The fourth-order valence-electron chi connectivity index (χ4n) is 1.86. The van der Waals surface area contributed by atoms with Crippen LogP contribution in [0, 0.1) is 5.92 Å². The maximum absolute atomic E-state index is 10.1. The van der Waals surface area contributed by atoms with Gasteiger partial charge in [0.1, 0.15) is 0 Å². The Bertz CT molecular complexity index is 152. The van der Waals surface area contributed by atoms with Crippen LogP contribution in [0.15, 0.2) is 0 Å². The van der Waals surface area contributed by atoms with Crippen LogP contribution in [-0.4, -0.2) is 37.6 Å². The molecule has 3 heteroatoms. The molecule has 13 heavy (non-hydrogen) atoms. The SMILES string of the molecule is COCCC(C)C1(O)CC(OC)C1. The molecule has 1 N–H and O–H groups in total. The van der Waals surface area contributed by atoms with Gasteiger partial charge in [0.05, 0.1) is 11.7 Å². The van der Waals surface area contributed by atoms with Gasteiger partial charge in [0.25, 0.3) is 0 Å². The number of aliphatic hydroxyl groups is 1. The van der Waals surface area contributed by atoms with Crippen molar-refractivity contribution in [2.24, 2.45) is 5.92 Å². The molecule has 1 unspecified atom stereocenters. The summed E-state index contributed by atoms with van der Waals surface area (Å²) >= 11 is 0. The van der Waals surface area contributed by atoms with E-state index in [4.69, 9.17) is 9.47 Å². The molecule has 78 valence electrons. The number of methoxy groups -OCH3 is 2. The second-order valence-electron chi connectivity index (χ2n) is 4.05. The highest BCUT2D eigenvalue weighted by molar-refractivity contribution is 4.98. The lowest BCUT2D eigenvalue weighted by molar-refractivity contribution is -0.158. The van der Waals surface area contributed by atoms with E-state index in [1.54, 1.807) is 14.2 Å². The van der Waals surface area contributed by atoms with E-state index in [0.717, 1.165) is 25.9 Å². The summed E-state index contributed by atoms with van der Waals surface area (Å²) in [4.78, 5) is 0. The summed E-state index contributed by atoms with van der Waals surface area (Å²) < 4.78 is 10.1. The van der Waals surface area contributed by atoms with Gasteiger partial charge in [-0.2, -0.15) is 0 Å². The molecule has 0 aromatic carbocycles. The van der Waals surface area contributed by atoms with E-state index in [9.17, 15) is 5.11 Å². The summed E-state index contributed by atoms with van der Waals surface area (Å²) in [7, 11) is 3.39. The Morgan fingerprint density at radius 3 is 2.54 bits per heavy atom. The first kappa shape index (κ1) is 11.0. The highest BCUT2D eigenvalue weighted by Gasteiger charge is 2.46. The zero-order chi connectivity index (χ0) is 9.90. The van der Waals surface area contributed by atoms with Crippen molar-refractivity contribution in [2.45, 2.75) is 37.9 Å². The third-order valence-corrected chi connectivity index (χ3v) is 3.17. The topological polar surface area (TPSA) is 38.7 Å². The molecular formula is C10H20O3. The lowest BCUT2D eigenvalue weighted by atomic mass is 9.69. The fraction of sp³-hybridized carbons (Fsp3) is 1.00. The number of rotatable bonds is 5. The van der Waals surface area contributed by atoms with Crippen LogP contribution in [0.1, 0.15) is 26.2 Å². The quantitative estimate of drug-likeness (QED) is 0.704. The van der Waals surface area contributed by atoms with Crippen LogP contribution in [0.25, 0.3) is 0 Å². The van der Waals surface area contributed by atoms with E-state index < -0.39 is 5.60 Å².